The van der Waals surface area contributed by atoms with Gasteiger partial charge >= 0.3 is 0 Å². The third kappa shape index (κ3) is 3.83. The SMILES string of the molecule is O=C(CC1CSCCN1)Nc1ccc(-n2cncn2)cc1. The summed E-state index contributed by atoms with van der Waals surface area (Å²) in [5, 5.41) is 10.4. The van der Waals surface area contributed by atoms with Gasteiger partial charge in [0, 0.05) is 36.2 Å². The number of anilines is 1. The lowest BCUT2D eigenvalue weighted by Gasteiger charge is -2.22. The summed E-state index contributed by atoms with van der Waals surface area (Å²) in [6.07, 6.45) is 3.64. The summed E-state index contributed by atoms with van der Waals surface area (Å²) in [5.41, 5.74) is 1.71. The van der Waals surface area contributed by atoms with Gasteiger partial charge in [-0.2, -0.15) is 16.9 Å². The first kappa shape index (κ1) is 14.1. The van der Waals surface area contributed by atoms with Crippen molar-refractivity contribution in [1.82, 2.24) is 20.1 Å². The van der Waals surface area contributed by atoms with Crippen LogP contribution in [0.25, 0.3) is 5.69 Å². The van der Waals surface area contributed by atoms with Crippen molar-refractivity contribution in [1.29, 1.82) is 0 Å². The maximum Gasteiger partial charge on any atom is 0.225 e. The Bertz CT molecular complexity index is 578. The molecule has 1 unspecified atom stereocenters. The molecule has 1 fully saturated rings. The second-order valence-electron chi connectivity index (χ2n) is 4.87. The van der Waals surface area contributed by atoms with Crippen molar-refractivity contribution in [2.75, 3.05) is 23.4 Å². The van der Waals surface area contributed by atoms with Gasteiger partial charge in [0.2, 0.25) is 5.91 Å². The zero-order valence-electron chi connectivity index (χ0n) is 11.5. The number of thioether (sulfide) groups is 1. The highest BCUT2D eigenvalue weighted by Gasteiger charge is 2.16. The van der Waals surface area contributed by atoms with E-state index in [9.17, 15) is 4.79 Å². The Morgan fingerprint density at radius 3 is 2.95 bits per heavy atom. The Morgan fingerprint density at radius 1 is 1.43 bits per heavy atom. The molecule has 6 nitrogen and oxygen atoms in total. The van der Waals surface area contributed by atoms with E-state index in [0.717, 1.165) is 29.4 Å². The average Bonchev–Trinajstić information content (AvgIpc) is 3.03. The van der Waals surface area contributed by atoms with Gasteiger partial charge in [0.1, 0.15) is 12.7 Å². The monoisotopic (exact) mass is 303 g/mol. The summed E-state index contributed by atoms with van der Waals surface area (Å²) in [6, 6.07) is 7.83. The third-order valence-corrected chi connectivity index (χ3v) is 4.40. The molecule has 2 heterocycles. The number of rotatable bonds is 4. The van der Waals surface area contributed by atoms with Crippen LogP contribution in [0.15, 0.2) is 36.9 Å². The number of hydrogen-bond donors (Lipinski definition) is 2. The summed E-state index contributed by atoms with van der Waals surface area (Å²) < 4.78 is 1.68. The van der Waals surface area contributed by atoms with E-state index in [1.807, 2.05) is 36.0 Å². The molecule has 2 N–H and O–H groups in total. The zero-order chi connectivity index (χ0) is 14.5. The van der Waals surface area contributed by atoms with Gasteiger partial charge < -0.3 is 10.6 Å². The van der Waals surface area contributed by atoms with Crippen LogP contribution in [0.3, 0.4) is 0 Å². The van der Waals surface area contributed by atoms with E-state index in [2.05, 4.69) is 20.7 Å². The van der Waals surface area contributed by atoms with Gasteiger partial charge in [-0.15, -0.1) is 0 Å². The molecule has 0 aliphatic carbocycles. The Morgan fingerprint density at radius 2 is 2.29 bits per heavy atom. The van der Waals surface area contributed by atoms with Crippen LogP contribution >= 0.6 is 11.8 Å². The lowest BCUT2D eigenvalue weighted by molar-refractivity contribution is -0.116. The Labute approximate surface area is 127 Å². The molecule has 1 saturated heterocycles. The van der Waals surface area contributed by atoms with Gasteiger partial charge in [-0.3, -0.25) is 4.79 Å². The smallest absolute Gasteiger partial charge is 0.225 e. The summed E-state index contributed by atoms with van der Waals surface area (Å²) in [4.78, 5) is 15.9. The molecule has 1 aliphatic rings. The van der Waals surface area contributed by atoms with Crippen LogP contribution in [0.5, 0.6) is 0 Å². The van der Waals surface area contributed by atoms with E-state index in [1.165, 1.54) is 6.33 Å². The van der Waals surface area contributed by atoms with Gasteiger partial charge in [-0.1, -0.05) is 0 Å². The van der Waals surface area contributed by atoms with Crippen LogP contribution in [0, 0.1) is 0 Å². The summed E-state index contributed by atoms with van der Waals surface area (Å²) in [7, 11) is 0. The second-order valence-corrected chi connectivity index (χ2v) is 6.02. The minimum atomic E-state index is 0.0449. The molecule has 1 aromatic heterocycles. The first-order valence-electron chi connectivity index (χ1n) is 6.87. The molecular formula is C14H17N5OS. The Kier molecular flexibility index (Phi) is 4.52. The number of nitrogens with zero attached hydrogens (tertiary/aromatic N) is 3. The Hall–Kier alpha value is -1.86. The number of nitrogens with one attached hydrogen (secondary N) is 2. The molecule has 110 valence electrons. The van der Waals surface area contributed by atoms with Crippen LogP contribution in [0.2, 0.25) is 0 Å². The van der Waals surface area contributed by atoms with Crippen molar-refractivity contribution in [2.45, 2.75) is 12.5 Å². The molecular weight excluding hydrogens is 286 g/mol. The minimum Gasteiger partial charge on any atom is -0.326 e. The second kappa shape index (κ2) is 6.73. The summed E-state index contributed by atoms with van der Waals surface area (Å²) in [6.45, 7) is 0.981. The van der Waals surface area contributed by atoms with Crippen LogP contribution in [-0.4, -0.2) is 44.8 Å². The molecule has 3 rings (SSSR count). The van der Waals surface area contributed by atoms with Crippen molar-refractivity contribution in [3.8, 4) is 5.69 Å². The van der Waals surface area contributed by atoms with E-state index in [-0.39, 0.29) is 11.9 Å². The summed E-state index contributed by atoms with van der Waals surface area (Å²) in [5.74, 6) is 2.17. The van der Waals surface area contributed by atoms with Crippen molar-refractivity contribution >= 4 is 23.4 Å². The number of amides is 1. The predicted octanol–water partition coefficient (Wildman–Crippen LogP) is 1.30. The molecule has 2 aromatic rings. The zero-order valence-corrected chi connectivity index (χ0v) is 12.3. The molecule has 0 bridgehead atoms. The molecule has 1 aliphatic heterocycles. The first-order valence-corrected chi connectivity index (χ1v) is 8.03. The standard InChI is InChI=1S/C14H17N5OS/c20-14(7-12-8-21-6-5-16-12)18-11-1-3-13(4-2-11)19-10-15-9-17-19/h1-4,9-10,12,16H,5-8H2,(H,18,20). The van der Waals surface area contributed by atoms with Gasteiger partial charge in [0.05, 0.1) is 5.69 Å². The van der Waals surface area contributed by atoms with E-state index in [0.29, 0.717) is 6.42 Å². The summed E-state index contributed by atoms with van der Waals surface area (Å²) >= 11 is 1.89. The lowest BCUT2D eigenvalue weighted by atomic mass is 10.2. The number of carbonyl (C=O) groups excluding carboxylic acids is 1. The van der Waals surface area contributed by atoms with E-state index in [4.69, 9.17) is 0 Å². The largest absolute Gasteiger partial charge is 0.326 e. The van der Waals surface area contributed by atoms with Gasteiger partial charge in [0.25, 0.3) is 0 Å². The molecule has 1 amide bonds. The molecule has 0 radical (unpaired) electrons. The maximum atomic E-state index is 12.0. The number of aromatic nitrogens is 3. The quantitative estimate of drug-likeness (QED) is 0.891. The number of hydrogen-bond acceptors (Lipinski definition) is 5. The van der Waals surface area contributed by atoms with E-state index >= 15 is 0 Å². The van der Waals surface area contributed by atoms with Gasteiger partial charge in [0.15, 0.2) is 0 Å². The molecule has 7 heteroatoms. The van der Waals surface area contributed by atoms with Crippen LogP contribution < -0.4 is 10.6 Å². The Balaban J connectivity index is 1.56. The van der Waals surface area contributed by atoms with Crippen molar-refractivity contribution in [3.63, 3.8) is 0 Å². The topological polar surface area (TPSA) is 71.8 Å². The van der Waals surface area contributed by atoms with Crippen molar-refractivity contribution in [3.05, 3.63) is 36.9 Å². The highest BCUT2D eigenvalue weighted by molar-refractivity contribution is 7.99. The fourth-order valence-corrected chi connectivity index (χ4v) is 3.17. The maximum absolute atomic E-state index is 12.0. The molecule has 1 aromatic carbocycles. The average molecular weight is 303 g/mol. The molecule has 21 heavy (non-hydrogen) atoms. The molecule has 0 saturated carbocycles. The predicted molar refractivity (Wildman–Crippen MR) is 83.7 cm³/mol. The third-order valence-electron chi connectivity index (χ3n) is 3.26. The highest BCUT2D eigenvalue weighted by atomic mass is 32.2. The van der Waals surface area contributed by atoms with Crippen LogP contribution in [-0.2, 0) is 4.79 Å². The van der Waals surface area contributed by atoms with E-state index in [1.54, 1.807) is 11.0 Å². The molecule has 0 spiro atoms. The first-order chi connectivity index (χ1) is 10.3. The van der Waals surface area contributed by atoms with Crippen molar-refractivity contribution in [2.24, 2.45) is 0 Å². The highest BCUT2D eigenvalue weighted by Crippen LogP contribution is 2.14. The molecule has 1 atom stereocenters. The van der Waals surface area contributed by atoms with Crippen molar-refractivity contribution < 1.29 is 4.79 Å². The van der Waals surface area contributed by atoms with Gasteiger partial charge in [-0.25, -0.2) is 9.67 Å². The minimum absolute atomic E-state index is 0.0449. The lowest BCUT2D eigenvalue weighted by Crippen LogP contribution is -2.39. The fraction of sp³-hybridized carbons (Fsp3) is 0.357. The number of carbonyl (C=O) groups is 1. The van der Waals surface area contributed by atoms with Crippen LogP contribution in [0.4, 0.5) is 5.69 Å². The van der Waals surface area contributed by atoms with Gasteiger partial charge in [-0.05, 0) is 24.3 Å². The number of benzene rings is 1. The van der Waals surface area contributed by atoms with Crippen LogP contribution in [0.1, 0.15) is 6.42 Å². The fourth-order valence-electron chi connectivity index (χ4n) is 2.23. The normalized spacial score (nSPS) is 18.4. The van der Waals surface area contributed by atoms with E-state index < -0.39 is 0 Å².